The largest absolute Gasteiger partial charge is 0.381 e. The Hall–Kier alpha value is -1.13. The van der Waals surface area contributed by atoms with Gasteiger partial charge in [-0.3, -0.25) is 4.79 Å². The van der Waals surface area contributed by atoms with E-state index in [1.54, 1.807) is 0 Å². The Labute approximate surface area is 95.2 Å². The van der Waals surface area contributed by atoms with Gasteiger partial charge in [-0.15, -0.1) is 0 Å². The number of hydrogen-bond acceptors (Lipinski definition) is 3. The first kappa shape index (κ1) is 11.4. The van der Waals surface area contributed by atoms with Gasteiger partial charge in [0.25, 0.3) is 0 Å². The van der Waals surface area contributed by atoms with Crippen molar-refractivity contribution >= 4 is 5.78 Å². The summed E-state index contributed by atoms with van der Waals surface area (Å²) >= 11 is 0. The molecular weight excluding hydrogens is 206 g/mol. The van der Waals surface area contributed by atoms with Crippen LogP contribution in [0.5, 0.6) is 0 Å². The molecule has 1 aromatic heterocycles. The van der Waals surface area contributed by atoms with E-state index < -0.39 is 0 Å². The number of nitrogens with zero attached hydrogens (tertiary/aromatic N) is 1. The van der Waals surface area contributed by atoms with E-state index in [-0.39, 0.29) is 18.5 Å². The second kappa shape index (κ2) is 5.27. The summed E-state index contributed by atoms with van der Waals surface area (Å²) in [6.07, 6.45) is 5.64. The lowest BCUT2D eigenvalue weighted by molar-refractivity contribution is -0.0262. The lowest BCUT2D eigenvalue weighted by atomic mass is 10.1. The fourth-order valence-electron chi connectivity index (χ4n) is 1.79. The van der Waals surface area contributed by atoms with Gasteiger partial charge in [-0.25, -0.2) is 0 Å². The Kier molecular flexibility index (Phi) is 3.74. The lowest BCUT2D eigenvalue weighted by Gasteiger charge is -2.21. The van der Waals surface area contributed by atoms with E-state index >= 15 is 0 Å². The fourth-order valence-corrected chi connectivity index (χ4v) is 1.79. The quantitative estimate of drug-likeness (QED) is 0.724. The van der Waals surface area contributed by atoms with Crippen molar-refractivity contribution < 1.29 is 14.3 Å². The molecule has 0 unspecified atom stereocenters. The number of ketones is 1. The Bertz CT molecular complexity index is 353. The minimum absolute atomic E-state index is 0.0482. The van der Waals surface area contributed by atoms with Crippen LogP contribution in [0.4, 0.5) is 0 Å². The highest BCUT2D eigenvalue weighted by Crippen LogP contribution is 2.11. The van der Waals surface area contributed by atoms with Gasteiger partial charge >= 0.3 is 0 Å². The first-order valence-corrected chi connectivity index (χ1v) is 5.60. The van der Waals surface area contributed by atoms with Gasteiger partial charge in [0.05, 0.1) is 6.10 Å². The van der Waals surface area contributed by atoms with Crippen LogP contribution in [0.15, 0.2) is 18.5 Å². The summed E-state index contributed by atoms with van der Waals surface area (Å²) in [4.78, 5) is 11.7. The third-order valence-electron chi connectivity index (χ3n) is 2.77. The van der Waals surface area contributed by atoms with Crippen LogP contribution >= 0.6 is 0 Å². The number of carbonyl (C=O) groups is 1. The first-order valence-electron chi connectivity index (χ1n) is 5.60. The van der Waals surface area contributed by atoms with Crippen LogP contribution in [0, 0.1) is 0 Å². The van der Waals surface area contributed by atoms with Crippen molar-refractivity contribution in [2.45, 2.75) is 18.9 Å². The van der Waals surface area contributed by atoms with Crippen LogP contribution in [-0.4, -0.2) is 36.3 Å². The van der Waals surface area contributed by atoms with E-state index in [1.807, 2.05) is 30.1 Å². The number of aryl methyl sites for hydroxylation is 1. The summed E-state index contributed by atoms with van der Waals surface area (Å²) in [7, 11) is 1.90. The minimum atomic E-state index is 0.0482. The Morgan fingerprint density at radius 3 is 2.94 bits per heavy atom. The average molecular weight is 223 g/mol. The zero-order valence-electron chi connectivity index (χ0n) is 9.52. The van der Waals surface area contributed by atoms with Gasteiger partial charge in [0, 0.05) is 38.2 Å². The van der Waals surface area contributed by atoms with Crippen molar-refractivity contribution in [3.8, 4) is 0 Å². The summed E-state index contributed by atoms with van der Waals surface area (Å²) in [5.74, 6) is 0.0482. The summed E-state index contributed by atoms with van der Waals surface area (Å²) in [5.41, 5.74) is 0.717. The number of Topliss-reactive ketones (excluding diaryl/α,β-unsaturated/α-hetero) is 1. The molecule has 1 aliphatic rings. The van der Waals surface area contributed by atoms with Crippen LogP contribution < -0.4 is 0 Å². The molecule has 16 heavy (non-hydrogen) atoms. The van der Waals surface area contributed by atoms with Crippen molar-refractivity contribution in [2.24, 2.45) is 7.05 Å². The fraction of sp³-hybridized carbons (Fsp3) is 0.583. The monoisotopic (exact) mass is 223 g/mol. The summed E-state index contributed by atoms with van der Waals surface area (Å²) in [6, 6.07) is 1.82. The number of carbonyl (C=O) groups excluding carboxylic acids is 1. The molecule has 1 aromatic rings. The highest BCUT2D eigenvalue weighted by molar-refractivity contribution is 5.96. The van der Waals surface area contributed by atoms with Gasteiger partial charge in [-0.2, -0.15) is 0 Å². The molecule has 2 heterocycles. The minimum Gasteiger partial charge on any atom is -0.381 e. The molecule has 1 fully saturated rings. The predicted octanol–water partition coefficient (Wildman–Crippen LogP) is 1.40. The smallest absolute Gasteiger partial charge is 0.189 e. The van der Waals surface area contributed by atoms with Crippen molar-refractivity contribution in [1.29, 1.82) is 0 Å². The maximum absolute atomic E-state index is 11.7. The van der Waals surface area contributed by atoms with Crippen LogP contribution in [0.3, 0.4) is 0 Å². The topological polar surface area (TPSA) is 40.5 Å². The van der Waals surface area contributed by atoms with E-state index in [1.165, 1.54) is 0 Å². The van der Waals surface area contributed by atoms with E-state index in [9.17, 15) is 4.79 Å². The van der Waals surface area contributed by atoms with E-state index in [4.69, 9.17) is 9.47 Å². The van der Waals surface area contributed by atoms with Crippen LogP contribution in [-0.2, 0) is 16.5 Å². The normalized spacial score (nSPS) is 17.6. The van der Waals surface area contributed by atoms with E-state index in [0.29, 0.717) is 0 Å². The molecule has 0 amide bonds. The van der Waals surface area contributed by atoms with Crippen LogP contribution in [0.2, 0.25) is 0 Å². The van der Waals surface area contributed by atoms with Crippen molar-refractivity contribution in [3.63, 3.8) is 0 Å². The second-order valence-corrected chi connectivity index (χ2v) is 4.11. The summed E-state index contributed by atoms with van der Waals surface area (Å²) < 4.78 is 12.7. The van der Waals surface area contributed by atoms with Gasteiger partial charge in [-0.05, 0) is 18.9 Å². The molecule has 88 valence electrons. The van der Waals surface area contributed by atoms with Crippen molar-refractivity contribution in [1.82, 2.24) is 4.57 Å². The number of ether oxygens (including phenoxy) is 2. The third-order valence-corrected chi connectivity index (χ3v) is 2.77. The number of rotatable bonds is 4. The highest BCUT2D eigenvalue weighted by atomic mass is 16.5. The molecule has 0 saturated carbocycles. The molecule has 0 bridgehead atoms. The van der Waals surface area contributed by atoms with Gasteiger partial charge < -0.3 is 14.0 Å². The zero-order valence-corrected chi connectivity index (χ0v) is 9.52. The molecule has 0 spiro atoms. The van der Waals surface area contributed by atoms with Crippen LogP contribution in [0.1, 0.15) is 23.2 Å². The van der Waals surface area contributed by atoms with Gasteiger partial charge in [0.1, 0.15) is 6.61 Å². The van der Waals surface area contributed by atoms with E-state index in [2.05, 4.69) is 0 Å². The maximum Gasteiger partial charge on any atom is 0.189 e. The Balaban J connectivity index is 1.79. The van der Waals surface area contributed by atoms with Gasteiger partial charge in [0.15, 0.2) is 5.78 Å². The summed E-state index contributed by atoms with van der Waals surface area (Å²) in [5, 5.41) is 0. The SMILES string of the molecule is Cn1ccc(C(=O)COC2CCOCC2)c1. The second-order valence-electron chi connectivity index (χ2n) is 4.11. The molecule has 0 aliphatic carbocycles. The van der Waals surface area contributed by atoms with Gasteiger partial charge in [-0.1, -0.05) is 0 Å². The average Bonchev–Trinajstić information content (AvgIpc) is 2.74. The summed E-state index contributed by atoms with van der Waals surface area (Å²) in [6.45, 7) is 1.66. The Morgan fingerprint density at radius 2 is 2.31 bits per heavy atom. The molecular formula is C12H17NO3. The standard InChI is InChI=1S/C12H17NO3/c1-13-5-2-10(8-13)12(14)9-16-11-3-6-15-7-4-11/h2,5,8,11H,3-4,6-7,9H2,1H3. The number of aromatic nitrogens is 1. The zero-order chi connectivity index (χ0) is 11.4. The van der Waals surface area contributed by atoms with Crippen molar-refractivity contribution in [3.05, 3.63) is 24.0 Å². The van der Waals surface area contributed by atoms with Crippen LogP contribution in [0.25, 0.3) is 0 Å². The first-order chi connectivity index (χ1) is 7.75. The predicted molar refractivity (Wildman–Crippen MR) is 59.5 cm³/mol. The molecule has 4 heteroatoms. The highest BCUT2D eigenvalue weighted by Gasteiger charge is 2.16. The third kappa shape index (κ3) is 2.93. The maximum atomic E-state index is 11.7. The molecule has 4 nitrogen and oxygen atoms in total. The molecule has 0 atom stereocenters. The number of hydrogen-bond donors (Lipinski definition) is 0. The van der Waals surface area contributed by atoms with E-state index in [0.717, 1.165) is 31.6 Å². The molecule has 0 aromatic carbocycles. The lowest BCUT2D eigenvalue weighted by Crippen LogP contribution is -2.25. The molecule has 1 saturated heterocycles. The van der Waals surface area contributed by atoms with Gasteiger partial charge in [0.2, 0.25) is 0 Å². The molecule has 1 aliphatic heterocycles. The Morgan fingerprint density at radius 1 is 1.56 bits per heavy atom. The molecule has 2 rings (SSSR count). The van der Waals surface area contributed by atoms with Crippen molar-refractivity contribution in [2.75, 3.05) is 19.8 Å². The molecule has 0 N–H and O–H groups in total. The molecule has 0 radical (unpaired) electrons.